The number of carbonyl (C=O) groups excluding carboxylic acids is 1. The van der Waals surface area contributed by atoms with Crippen molar-refractivity contribution in [1.29, 1.82) is 0 Å². The minimum atomic E-state index is -0.296. The van der Waals surface area contributed by atoms with E-state index < -0.39 is 0 Å². The Labute approximate surface area is 146 Å². The molecule has 0 unspecified atom stereocenters. The van der Waals surface area contributed by atoms with Crippen LogP contribution in [0.3, 0.4) is 0 Å². The molecule has 3 heterocycles. The lowest BCUT2D eigenvalue weighted by atomic mass is 10.2. The van der Waals surface area contributed by atoms with E-state index in [-0.39, 0.29) is 18.0 Å². The maximum absolute atomic E-state index is 12.7. The summed E-state index contributed by atoms with van der Waals surface area (Å²) in [5.41, 5.74) is 2.11. The number of fused-ring (bicyclic) bond motifs is 2. The molecule has 0 saturated carbocycles. The molecular formula is C17H15N5O2S. The Bertz CT molecular complexity index is 1170. The normalized spacial score (nSPS) is 11.3. The van der Waals surface area contributed by atoms with Crippen LogP contribution in [0.4, 0.5) is 5.69 Å². The first kappa shape index (κ1) is 15.5. The van der Waals surface area contributed by atoms with E-state index in [0.717, 1.165) is 21.3 Å². The number of nitrogens with zero attached hydrogens (tertiary/aromatic N) is 3. The summed E-state index contributed by atoms with van der Waals surface area (Å²) in [6, 6.07) is 5.53. The average Bonchev–Trinajstić information content (AvgIpc) is 3.17. The predicted molar refractivity (Wildman–Crippen MR) is 98.1 cm³/mol. The number of anilines is 1. The molecule has 7 nitrogen and oxygen atoms in total. The van der Waals surface area contributed by atoms with Gasteiger partial charge in [-0.05, 0) is 25.5 Å². The van der Waals surface area contributed by atoms with Crippen LogP contribution in [0.1, 0.15) is 10.4 Å². The largest absolute Gasteiger partial charge is 0.323 e. The maximum atomic E-state index is 12.7. The first-order valence-corrected chi connectivity index (χ1v) is 8.53. The molecule has 3 aromatic heterocycles. The zero-order chi connectivity index (χ0) is 17.6. The molecule has 126 valence electrons. The summed E-state index contributed by atoms with van der Waals surface area (Å²) in [5.74, 6) is -0.296. The van der Waals surface area contributed by atoms with Gasteiger partial charge in [0.15, 0.2) is 0 Å². The summed E-state index contributed by atoms with van der Waals surface area (Å²) in [7, 11) is 0. The molecule has 0 aliphatic heterocycles. The van der Waals surface area contributed by atoms with E-state index in [1.54, 1.807) is 12.3 Å². The number of aryl methyl sites for hydroxylation is 2. The number of hydrogen-bond donors (Lipinski definition) is 2. The summed E-state index contributed by atoms with van der Waals surface area (Å²) >= 11 is 1.49. The molecule has 0 bridgehead atoms. The van der Waals surface area contributed by atoms with Gasteiger partial charge in [-0.15, -0.1) is 11.3 Å². The summed E-state index contributed by atoms with van der Waals surface area (Å²) in [6.07, 6.45) is 3.12. The number of amides is 1. The molecule has 4 rings (SSSR count). The maximum Gasteiger partial charge on any atom is 0.262 e. The zero-order valence-electron chi connectivity index (χ0n) is 13.7. The fraction of sp³-hybridized carbons (Fsp3) is 0.176. The number of rotatable bonds is 3. The van der Waals surface area contributed by atoms with Crippen LogP contribution in [0.2, 0.25) is 0 Å². The van der Waals surface area contributed by atoms with Gasteiger partial charge in [-0.1, -0.05) is 12.1 Å². The van der Waals surface area contributed by atoms with Crippen LogP contribution in [0, 0.1) is 13.8 Å². The molecule has 1 amide bonds. The zero-order valence-corrected chi connectivity index (χ0v) is 14.5. The number of hydrogen-bond acceptors (Lipinski definition) is 5. The number of aromatic amines is 1. The summed E-state index contributed by atoms with van der Waals surface area (Å²) < 4.78 is 1.34. The molecule has 0 saturated heterocycles. The SMILES string of the molecule is Cc1sc2ncn(CC(=O)Nc3cccc4cn[nH]c34)c(=O)c2c1C. The molecule has 4 aromatic rings. The van der Waals surface area contributed by atoms with E-state index in [1.807, 2.05) is 26.0 Å². The van der Waals surface area contributed by atoms with Gasteiger partial charge in [0.2, 0.25) is 5.91 Å². The third-order valence-electron chi connectivity index (χ3n) is 4.22. The molecule has 1 aromatic carbocycles. The topological polar surface area (TPSA) is 92.7 Å². The number of benzene rings is 1. The molecule has 0 aliphatic rings. The number of thiophene rings is 1. The highest BCUT2D eigenvalue weighted by Gasteiger charge is 2.14. The van der Waals surface area contributed by atoms with Crippen LogP contribution < -0.4 is 10.9 Å². The van der Waals surface area contributed by atoms with Crippen molar-refractivity contribution in [2.75, 3.05) is 5.32 Å². The van der Waals surface area contributed by atoms with E-state index in [1.165, 1.54) is 22.2 Å². The highest BCUT2D eigenvalue weighted by molar-refractivity contribution is 7.18. The van der Waals surface area contributed by atoms with E-state index in [9.17, 15) is 9.59 Å². The van der Waals surface area contributed by atoms with Crippen molar-refractivity contribution in [3.8, 4) is 0 Å². The molecule has 0 atom stereocenters. The van der Waals surface area contributed by atoms with E-state index in [0.29, 0.717) is 15.9 Å². The van der Waals surface area contributed by atoms with Crippen LogP contribution >= 0.6 is 11.3 Å². The Kier molecular flexibility index (Phi) is 3.61. The first-order valence-electron chi connectivity index (χ1n) is 7.71. The van der Waals surface area contributed by atoms with Crippen molar-refractivity contribution in [3.05, 3.63) is 51.5 Å². The summed E-state index contributed by atoms with van der Waals surface area (Å²) in [6.45, 7) is 3.77. The molecule has 0 radical (unpaired) electrons. The number of nitrogens with one attached hydrogen (secondary N) is 2. The predicted octanol–water partition coefficient (Wildman–Crippen LogP) is 2.59. The Morgan fingerprint density at radius 1 is 1.36 bits per heavy atom. The van der Waals surface area contributed by atoms with Crippen molar-refractivity contribution in [1.82, 2.24) is 19.7 Å². The number of H-pyrrole nitrogens is 1. The number of carbonyl (C=O) groups is 1. The van der Waals surface area contributed by atoms with Crippen LogP contribution in [0.25, 0.3) is 21.1 Å². The number of aromatic nitrogens is 4. The van der Waals surface area contributed by atoms with Crippen molar-refractivity contribution < 1.29 is 4.79 Å². The lowest BCUT2D eigenvalue weighted by Gasteiger charge is -2.08. The Morgan fingerprint density at radius 2 is 2.20 bits per heavy atom. The smallest absolute Gasteiger partial charge is 0.262 e. The lowest BCUT2D eigenvalue weighted by molar-refractivity contribution is -0.116. The standard InChI is InChI=1S/C17H15N5O2S/c1-9-10(2)25-16-14(9)17(24)22(8-18-16)7-13(23)20-12-5-3-4-11-6-19-21-15(11)12/h3-6,8H,7H2,1-2H3,(H,19,21)(H,20,23). The Morgan fingerprint density at radius 3 is 3.04 bits per heavy atom. The van der Waals surface area contributed by atoms with Crippen molar-refractivity contribution in [2.45, 2.75) is 20.4 Å². The van der Waals surface area contributed by atoms with Gasteiger partial charge in [0.25, 0.3) is 5.56 Å². The van der Waals surface area contributed by atoms with Gasteiger partial charge in [0.1, 0.15) is 11.4 Å². The van der Waals surface area contributed by atoms with Gasteiger partial charge in [0.05, 0.1) is 29.1 Å². The lowest BCUT2D eigenvalue weighted by Crippen LogP contribution is -2.28. The molecule has 8 heteroatoms. The molecular weight excluding hydrogens is 338 g/mol. The Hall–Kier alpha value is -3.00. The summed E-state index contributed by atoms with van der Waals surface area (Å²) in [5, 5.41) is 11.1. The van der Waals surface area contributed by atoms with E-state index in [2.05, 4.69) is 20.5 Å². The van der Waals surface area contributed by atoms with E-state index >= 15 is 0 Å². The molecule has 0 fully saturated rings. The highest BCUT2D eigenvalue weighted by Crippen LogP contribution is 2.25. The van der Waals surface area contributed by atoms with Gasteiger partial charge in [-0.25, -0.2) is 4.98 Å². The first-order chi connectivity index (χ1) is 12.0. The van der Waals surface area contributed by atoms with Gasteiger partial charge >= 0.3 is 0 Å². The van der Waals surface area contributed by atoms with Crippen molar-refractivity contribution in [2.24, 2.45) is 0 Å². The van der Waals surface area contributed by atoms with Gasteiger partial charge in [0, 0.05) is 10.3 Å². The fourth-order valence-corrected chi connectivity index (χ4v) is 3.79. The van der Waals surface area contributed by atoms with Gasteiger partial charge in [-0.3, -0.25) is 19.3 Å². The molecule has 2 N–H and O–H groups in total. The third kappa shape index (κ3) is 2.60. The number of para-hydroxylation sites is 1. The van der Waals surface area contributed by atoms with Crippen molar-refractivity contribution in [3.63, 3.8) is 0 Å². The second-order valence-electron chi connectivity index (χ2n) is 5.83. The Balaban J connectivity index is 1.64. The van der Waals surface area contributed by atoms with Crippen molar-refractivity contribution >= 4 is 44.1 Å². The second kappa shape index (κ2) is 5.82. The minimum absolute atomic E-state index is 0.0966. The molecule has 0 spiro atoms. The minimum Gasteiger partial charge on any atom is -0.323 e. The summed E-state index contributed by atoms with van der Waals surface area (Å²) in [4.78, 5) is 31.1. The average molecular weight is 353 g/mol. The van der Waals surface area contributed by atoms with Crippen LogP contribution in [-0.2, 0) is 11.3 Å². The molecule has 25 heavy (non-hydrogen) atoms. The second-order valence-corrected chi connectivity index (χ2v) is 7.03. The third-order valence-corrected chi connectivity index (χ3v) is 5.34. The van der Waals surface area contributed by atoms with Gasteiger partial charge in [-0.2, -0.15) is 5.10 Å². The fourth-order valence-electron chi connectivity index (χ4n) is 2.80. The van der Waals surface area contributed by atoms with Crippen LogP contribution in [-0.4, -0.2) is 25.7 Å². The van der Waals surface area contributed by atoms with Crippen LogP contribution in [0.15, 0.2) is 35.5 Å². The highest BCUT2D eigenvalue weighted by atomic mass is 32.1. The quantitative estimate of drug-likeness (QED) is 0.592. The van der Waals surface area contributed by atoms with E-state index in [4.69, 9.17) is 0 Å². The van der Waals surface area contributed by atoms with Gasteiger partial charge < -0.3 is 5.32 Å². The molecule has 0 aliphatic carbocycles. The van der Waals surface area contributed by atoms with Crippen LogP contribution in [0.5, 0.6) is 0 Å². The monoisotopic (exact) mass is 353 g/mol.